The quantitative estimate of drug-likeness (QED) is 0.814. The average Bonchev–Trinajstić information content (AvgIpc) is 2.03. The molecule has 0 aliphatic carbocycles. The van der Waals surface area contributed by atoms with Gasteiger partial charge in [0.05, 0.1) is 5.92 Å². The second-order valence-corrected chi connectivity index (χ2v) is 3.57. The number of carbonyl (C=O) groups excluding carboxylic acids is 1. The number of carbonyl (C=O) groups is 1. The van der Waals surface area contributed by atoms with Crippen molar-refractivity contribution in [1.29, 1.82) is 0 Å². The summed E-state index contributed by atoms with van der Waals surface area (Å²) < 4.78 is 0. The van der Waals surface area contributed by atoms with E-state index in [2.05, 4.69) is 0 Å². The second kappa shape index (κ2) is 3.99. The van der Waals surface area contributed by atoms with Gasteiger partial charge in [-0.15, -0.1) is 0 Å². The standard InChI is InChI=1S/C9H9Cl2NO/c1-5(9(12)13)8-6(10)3-2-4-7(8)11/h2-5H,1H3,(H2,12,13). The van der Waals surface area contributed by atoms with E-state index < -0.39 is 11.8 Å². The normalized spacial score (nSPS) is 12.5. The van der Waals surface area contributed by atoms with Crippen molar-refractivity contribution in [2.24, 2.45) is 5.73 Å². The Labute approximate surface area is 86.6 Å². The molecule has 0 heterocycles. The molecule has 0 aliphatic heterocycles. The van der Waals surface area contributed by atoms with Crippen molar-refractivity contribution in [1.82, 2.24) is 0 Å². The number of hydrogen-bond acceptors (Lipinski definition) is 1. The highest BCUT2D eigenvalue weighted by molar-refractivity contribution is 6.36. The monoisotopic (exact) mass is 217 g/mol. The number of amides is 1. The lowest BCUT2D eigenvalue weighted by atomic mass is 10.0. The Morgan fingerprint density at radius 2 is 1.85 bits per heavy atom. The first-order chi connectivity index (χ1) is 6.04. The third-order valence-electron chi connectivity index (χ3n) is 1.86. The molecule has 1 rings (SSSR count). The molecular formula is C9H9Cl2NO. The summed E-state index contributed by atoms with van der Waals surface area (Å²) in [5.41, 5.74) is 5.75. The fourth-order valence-electron chi connectivity index (χ4n) is 1.07. The van der Waals surface area contributed by atoms with Crippen molar-refractivity contribution in [3.8, 4) is 0 Å². The molecule has 0 spiro atoms. The molecule has 2 N–H and O–H groups in total. The third kappa shape index (κ3) is 2.14. The molecule has 0 aliphatic rings. The Morgan fingerprint density at radius 3 is 2.23 bits per heavy atom. The molecule has 1 aromatic rings. The minimum absolute atomic E-state index is 0.435. The van der Waals surface area contributed by atoms with E-state index in [-0.39, 0.29) is 0 Å². The lowest BCUT2D eigenvalue weighted by molar-refractivity contribution is -0.119. The van der Waals surface area contributed by atoms with Gasteiger partial charge in [-0.1, -0.05) is 29.3 Å². The average molecular weight is 218 g/mol. The molecule has 4 heteroatoms. The van der Waals surface area contributed by atoms with Crippen LogP contribution in [-0.4, -0.2) is 5.91 Å². The van der Waals surface area contributed by atoms with Crippen LogP contribution in [0.4, 0.5) is 0 Å². The fourth-order valence-corrected chi connectivity index (χ4v) is 1.79. The molecule has 0 saturated carbocycles. The first kappa shape index (κ1) is 10.4. The first-order valence-corrected chi connectivity index (χ1v) is 4.53. The molecule has 0 radical (unpaired) electrons. The Bertz CT molecular complexity index is 318. The van der Waals surface area contributed by atoms with Crippen LogP contribution in [0, 0.1) is 0 Å². The Balaban J connectivity index is 3.20. The summed E-state index contributed by atoms with van der Waals surface area (Å²) in [4.78, 5) is 10.9. The van der Waals surface area contributed by atoms with Crippen molar-refractivity contribution in [3.63, 3.8) is 0 Å². The summed E-state index contributed by atoms with van der Waals surface area (Å²) in [6, 6.07) is 5.09. The largest absolute Gasteiger partial charge is 0.369 e. The minimum atomic E-state index is -0.457. The van der Waals surface area contributed by atoms with Crippen LogP contribution in [0.1, 0.15) is 18.4 Å². The molecule has 1 atom stereocenters. The number of benzene rings is 1. The maximum absolute atomic E-state index is 10.9. The molecule has 1 unspecified atom stereocenters. The van der Waals surface area contributed by atoms with Gasteiger partial charge in [0.2, 0.25) is 5.91 Å². The van der Waals surface area contributed by atoms with Crippen LogP contribution in [0.25, 0.3) is 0 Å². The van der Waals surface area contributed by atoms with Gasteiger partial charge < -0.3 is 5.73 Å². The summed E-state index contributed by atoms with van der Waals surface area (Å²) in [7, 11) is 0. The highest BCUT2D eigenvalue weighted by Crippen LogP contribution is 2.30. The molecule has 0 fully saturated rings. The zero-order valence-electron chi connectivity index (χ0n) is 7.05. The van der Waals surface area contributed by atoms with E-state index >= 15 is 0 Å². The topological polar surface area (TPSA) is 43.1 Å². The number of nitrogens with two attached hydrogens (primary N) is 1. The van der Waals surface area contributed by atoms with Crippen LogP contribution in [0.5, 0.6) is 0 Å². The van der Waals surface area contributed by atoms with E-state index in [0.717, 1.165) is 0 Å². The van der Waals surface area contributed by atoms with Gasteiger partial charge in [0.1, 0.15) is 0 Å². The number of halogens is 2. The van der Waals surface area contributed by atoms with Gasteiger partial charge in [0.15, 0.2) is 0 Å². The van der Waals surface area contributed by atoms with Crippen molar-refractivity contribution in [2.75, 3.05) is 0 Å². The Kier molecular flexibility index (Phi) is 3.17. The predicted octanol–water partition coefficient (Wildman–Crippen LogP) is 2.58. The molecule has 0 aromatic heterocycles. The summed E-state index contributed by atoms with van der Waals surface area (Å²) in [6.07, 6.45) is 0. The molecule has 0 bridgehead atoms. The molecule has 1 amide bonds. The Hall–Kier alpha value is -0.730. The number of hydrogen-bond donors (Lipinski definition) is 1. The van der Waals surface area contributed by atoms with Crippen molar-refractivity contribution < 1.29 is 4.79 Å². The summed E-state index contributed by atoms with van der Waals surface area (Å²) >= 11 is 11.8. The van der Waals surface area contributed by atoms with Crippen LogP contribution in [0.3, 0.4) is 0 Å². The molecule has 13 heavy (non-hydrogen) atoms. The van der Waals surface area contributed by atoms with Gasteiger partial charge in [0, 0.05) is 15.6 Å². The zero-order chi connectivity index (χ0) is 10.0. The van der Waals surface area contributed by atoms with Crippen molar-refractivity contribution in [2.45, 2.75) is 12.8 Å². The van der Waals surface area contributed by atoms with E-state index in [1.165, 1.54) is 0 Å². The van der Waals surface area contributed by atoms with Crippen LogP contribution >= 0.6 is 23.2 Å². The smallest absolute Gasteiger partial charge is 0.224 e. The molecule has 1 aromatic carbocycles. The second-order valence-electron chi connectivity index (χ2n) is 2.76. The SMILES string of the molecule is CC(C(N)=O)c1c(Cl)cccc1Cl. The van der Waals surface area contributed by atoms with Gasteiger partial charge in [-0.25, -0.2) is 0 Å². The molecular weight excluding hydrogens is 209 g/mol. The lowest BCUT2D eigenvalue weighted by Crippen LogP contribution is -2.19. The van der Waals surface area contributed by atoms with Gasteiger partial charge >= 0.3 is 0 Å². The van der Waals surface area contributed by atoms with Gasteiger partial charge in [-0.2, -0.15) is 0 Å². The van der Waals surface area contributed by atoms with Crippen LogP contribution in [-0.2, 0) is 4.79 Å². The van der Waals surface area contributed by atoms with E-state index in [0.29, 0.717) is 15.6 Å². The van der Waals surface area contributed by atoms with Gasteiger partial charge in [0.25, 0.3) is 0 Å². The number of primary amides is 1. The molecule has 70 valence electrons. The van der Waals surface area contributed by atoms with Crippen molar-refractivity contribution >= 4 is 29.1 Å². The fraction of sp³-hybridized carbons (Fsp3) is 0.222. The maximum Gasteiger partial charge on any atom is 0.224 e. The van der Waals surface area contributed by atoms with Gasteiger partial charge in [-0.05, 0) is 19.1 Å². The first-order valence-electron chi connectivity index (χ1n) is 3.77. The van der Waals surface area contributed by atoms with E-state index in [9.17, 15) is 4.79 Å². The predicted molar refractivity (Wildman–Crippen MR) is 54.1 cm³/mol. The van der Waals surface area contributed by atoms with E-state index in [1.54, 1.807) is 25.1 Å². The summed E-state index contributed by atoms with van der Waals surface area (Å²) in [5, 5.41) is 0.942. The minimum Gasteiger partial charge on any atom is -0.369 e. The van der Waals surface area contributed by atoms with E-state index in [4.69, 9.17) is 28.9 Å². The van der Waals surface area contributed by atoms with Crippen LogP contribution < -0.4 is 5.73 Å². The van der Waals surface area contributed by atoms with Crippen molar-refractivity contribution in [3.05, 3.63) is 33.8 Å². The summed E-state index contributed by atoms with van der Waals surface area (Å²) in [6.45, 7) is 1.68. The highest BCUT2D eigenvalue weighted by atomic mass is 35.5. The van der Waals surface area contributed by atoms with Crippen LogP contribution in [0.2, 0.25) is 10.0 Å². The highest BCUT2D eigenvalue weighted by Gasteiger charge is 2.17. The zero-order valence-corrected chi connectivity index (χ0v) is 8.56. The molecule has 0 saturated heterocycles. The van der Waals surface area contributed by atoms with E-state index in [1.807, 2.05) is 0 Å². The van der Waals surface area contributed by atoms with Gasteiger partial charge in [-0.3, -0.25) is 4.79 Å². The maximum atomic E-state index is 10.9. The summed E-state index contributed by atoms with van der Waals surface area (Å²) in [5.74, 6) is -0.892. The molecule has 2 nitrogen and oxygen atoms in total. The Morgan fingerprint density at radius 1 is 1.38 bits per heavy atom. The van der Waals surface area contributed by atoms with Crippen LogP contribution in [0.15, 0.2) is 18.2 Å². The number of rotatable bonds is 2. The lowest BCUT2D eigenvalue weighted by Gasteiger charge is -2.11. The third-order valence-corrected chi connectivity index (χ3v) is 2.52.